The Labute approximate surface area is 431 Å². The lowest BCUT2D eigenvalue weighted by molar-refractivity contribution is -0.138. The van der Waals surface area contributed by atoms with Crippen LogP contribution in [0.3, 0.4) is 0 Å². The summed E-state index contributed by atoms with van der Waals surface area (Å²) >= 11 is 0. The fraction of sp³-hybridized carbons (Fsp3) is 0.186. The largest absolute Gasteiger partial charge is 0.416 e. The van der Waals surface area contributed by atoms with Crippen molar-refractivity contribution in [3.8, 4) is 0 Å². The summed E-state index contributed by atoms with van der Waals surface area (Å²) in [7, 11) is 0. The van der Waals surface area contributed by atoms with Crippen molar-refractivity contribution in [2.45, 2.75) is 74.7 Å². The van der Waals surface area contributed by atoms with Crippen LogP contribution in [0.5, 0.6) is 0 Å². The van der Waals surface area contributed by atoms with Gasteiger partial charge in [0.2, 0.25) is 0 Å². The molecule has 0 nitrogen and oxygen atoms in total. The summed E-state index contributed by atoms with van der Waals surface area (Å²) in [6.07, 6.45) is -8.43. The molecule has 0 aliphatic rings. The van der Waals surface area contributed by atoms with Gasteiger partial charge >= 0.3 is 12.4 Å². The number of hydrogen-bond donors (Lipinski definition) is 0. The number of alkyl halides is 6. The van der Waals surface area contributed by atoms with Gasteiger partial charge in [-0.25, -0.2) is 48.3 Å². The highest BCUT2D eigenvalue weighted by Gasteiger charge is 2.30. The third-order valence-corrected chi connectivity index (χ3v) is 9.74. The quantitative estimate of drug-likeness (QED) is 0.133. The van der Waals surface area contributed by atoms with E-state index in [2.05, 4.69) is 0 Å². The van der Waals surface area contributed by atoms with Gasteiger partial charge in [0.15, 0.2) is 11.6 Å². The van der Waals surface area contributed by atoms with Gasteiger partial charge < -0.3 is 0 Å². The molecule has 0 aromatic heterocycles. The summed E-state index contributed by atoms with van der Waals surface area (Å²) in [5.41, 5.74) is 4.77. The highest BCUT2D eigenvalue weighted by molar-refractivity contribution is 5.27. The second kappa shape index (κ2) is 32.1. The molecular formula is C59H53F17. The molecule has 8 aromatic carbocycles. The topological polar surface area (TPSA) is 0 Å². The first kappa shape index (κ1) is 66.6. The molecule has 0 aliphatic heterocycles. The average molecular weight is 1090 g/mol. The summed E-state index contributed by atoms with van der Waals surface area (Å²) in [6, 6.07) is 33.8. The van der Waals surface area contributed by atoms with E-state index in [-0.39, 0.29) is 17.2 Å². The number of aryl methyl sites for hydroxylation is 7. The van der Waals surface area contributed by atoms with Crippen molar-refractivity contribution in [3.63, 3.8) is 0 Å². The van der Waals surface area contributed by atoms with Gasteiger partial charge in [-0.15, -0.1) is 0 Å². The lowest BCUT2D eigenvalue weighted by Gasteiger charge is -2.05. The molecule has 0 unspecified atom stereocenters. The lowest BCUT2D eigenvalue weighted by atomic mass is 10.1. The molecule has 0 atom stereocenters. The number of rotatable bonds is 0. The minimum Gasteiger partial charge on any atom is -0.207 e. The zero-order valence-electron chi connectivity index (χ0n) is 42.4. The monoisotopic (exact) mass is 1080 g/mol. The maximum absolute atomic E-state index is 12.6. The second-order valence-corrected chi connectivity index (χ2v) is 16.5. The molecule has 8 rings (SSSR count). The van der Waals surface area contributed by atoms with Crippen LogP contribution in [0.15, 0.2) is 158 Å². The van der Waals surface area contributed by atoms with Crippen LogP contribution in [0.1, 0.15) is 61.2 Å². The minimum absolute atomic E-state index is 0.116. The molecule has 0 saturated heterocycles. The van der Waals surface area contributed by atoms with Gasteiger partial charge in [-0.1, -0.05) is 83.4 Å². The lowest BCUT2D eigenvalue weighted by Crippen LogP contribution is -2.04. The Hall–Kier alpha value is -7.43. The van der Waals surface area contributed by atoms with Crippen LogP contribution in [0.25, 0.3) is 0 Å². The summed E-state index contributed by atoms with van der Waals surface area (Å²) < 4.78 is 206. The second-order valence-electron chi connectivity index (χ2n) is 16.5. The van der Waals surface area contributed by atoms with E-state index in [0.717, 1.165) is 76.3 Å². The Bertz CT molecular complexity index is 2830. The molecule has 0 spiro atoms. The van der Waals surface area contributed by atoms with Crippen LogP contribution in [0.2, 0.25) is 0 Å². The van der Waals surface area contributed by atoms with Gasteiger partial charge in [-0.2, -0.15) is 26.3 Å². The van der Waals surface area contributed by atoms with E-state index in [1.165, 1.54) is 73.7 Å². The number of benzene rings is 8. The fourth-order valence-corrected chi connectivity index (χ4v) is 5.29. The van der Waals surface area contributed by atoms with Gasteiger partial charge in [0.1, 0.15) is 52.4 Å². The Kier molecular flexibility index (Phi) is 28.1. The summed E-state index contributed by atoms with van der Waals surface area (Å²) in [4.78, 5) is 0. The zero-order valence-corrected chi connectivity index (χ0v) is 42.4. The maximum Gasteiger partial charge on any atom is 0.416 e. The van der Waals surface area contributed by atoms with Crippen molar-refractivity contribution in [2.24, 2.45) is 0 Å². The molecule has 17 heteroatoms. The zero-order chi connectivity index (χ0) is 58.1. The molecule has 0 radical (unpaired) electrons. The van der Waals surface area contributed by atoms with Gasteiger partial charge in [-0.3, -0.25) is 0 Å². The number of hydrogen-bond acceptors (Lipinski definition) is 0. The van der Waals surface area contributed by atoms with E-state index in [0.29, 0.717) is 28.8 Å². The molecule has 408 valence electrons. The van der Waals surface area contributed by atoms with Crippen molar-refractivity contribution in [1.29, 1.82) is 0 Å². The van der Waals surface area contributed by atoms with E-state index < -0.39 is 75.8 Å². The molecule has 0 aliphatic carbocycles. The predicted molar refractivity (Wildman–Crippen MR) is 264 cm³/mol. The fourth-order valence-electron chi connectivity index (χ4n) is 5.29. The first-order valence-corrected chi connectivity index (χ1v) is 22.3. The highest BCUT2D eigenvalue weighted by Crippen LogP contribution is 2.30. The van der Waals surface area contributed by atoms with Crippen LogP contribution in [0.4, 0.5) is 74.6 Å². The third kappa shape index (κ3) is 27.2. The van der Waals surface area contributed by atoms with Gasteiger partial charge in [0.05, 0.1) is 11.1 Å². The standard InChI is InChI=1S/2C8H7F3.C8H9F.C7H5F3.3C7H6F2.C7H7F/c1-6-2-4-7(5-3-6)8(9,10)11;1-6-3-2-4-7(5-6)8(9,10)11;1-6-4-3-5-8(9)7(6)2;1-4-6(9)2-5(8)3-7(4)10;1-5-2-6(8)4-7(9)3-5;1-5-2-3-6(8)4-7(5)9;1-5-2-3-6(8)7(9)4-5;1-6-2-4-7(8)5-3-6/h2*2-5H,1H3;3-5H,1-2H3;2-3H,1H3;3*2-4H,1H3;2-5H,1H3. The smallest absolute Gasteiger partial charge is 0.207 e. The molecule has 0 bridgehead atoms. The molecular weight excluding hydrogens is 1030 g/mol. The summed E-state index contributed by atoms with van der Waals surface area (Å²) in [5, 5.41) is 0. The Morgan fingerprint density at radius 3 is 1.05 bits per heavy atom. The maximum atomic E-state index is 12.6. The Morgan fingerprint density at radius 2 is 0.671 bits per heavy atom. The van der Waals surface area contributed by atoms with Crippen LogP contribution in [0, 0.1) is 126 Å². The molecule has 0 N–H and O–H groups in total. The van der Waals surface area contributed by atoms with E-state index in [1.807, 2.05) is 19.9 Å². The molecule has 76 heavy (non-hydrogen) atoms. The average Bonchev–Trinajstić information content (AvgIpc) is 3.31. The van der Waals surface area contributed by atoms with Crippen LogP contribution < -0.4 is 0 Å². The van der Waals surface area contributed by atoms with Crippen molar-refractivity contribution in [2.75, 3.05) is 0 Å². The summed E-state index contributed by atoms with van der Waals surface area (Å²) in [6.45, 7) is 15.2. The van der Waals surface area contributed by atoms with Crippen molar-refractivity contribution < 1.29 is 74.6 Å². The number of halogens is 17. The summed E-state index contributed by atoms with van der Waals surface area (Å²) in [5.74, 6) is -6.51. The molecule has 0 amide bonds. The minimum atomic E-state index is -4.22. The highest BCUT2D eigenvalue weighted by atomic mass is 19.4. The first-order chi connectivity index (χ1) is 35.2. The van der Waals surface area contributed by atoms with Crippen molar-refractivity contribution >= 4 is 0 Å². The van der Waals surface area contributed by atoms with Gasteiger partial charge in [-0.05, 0) is 157 Å². The SMILES string of the molecule is Cc1c(F)cc(F)cc1F.Cc1cc(F)cc(F)c1.Cc1ccc(C(F)(F)F)cc1.Cc1ccc(F)c(F)c1.Cc1ccc(F)cc1.Cc1ccc(F)cc1F.Cc1cccc(C(F)(F)F)c1.Cc1cccc(F)c1C. The van der Waals surface area contributed by atoms with Crippen LogP contribution in [-0.2, 0) is 12.4 Å². The van der Waals surface area contributed by atoms with Gasteiger partial charge in [0.25, 0.3) is 0 Å². The third-order valence-electron chi connectivity index (χ3n) is 9.74. The van der Waals surface area contributed by atoms with Crippen LogP contribution >= 0.6 is 0 Å². The van der Waals surface area contributed by atoms with E-state index in [1.54, 1.807) is 65.8 Å². The molecule has 8 aromatic rings. The van der Waals surface area contributed by atoms with Crippen molar-refractivity contribution in [3.05, 3.63) is 283 Å². The van der Waals surface area contributed by atoms with E-state index in [4.69, 9.17) is 0 Å². The predicted octanol–water partition coefficient (Wildman–Crippen LogP) is 19.8. The Balaban J connectivity index is 0.000000435. The molecule has 0 heterocycles. The molecule has 0 fully saturated rings. The van der Waals surface area contributed by atoms with E-state index in [9.17, 15) is 74.6 Å². The first-order valence-electron chi connectivity index (χ1n) is 22.3. The van der Waals surface area contributed by atoms with Gasteiger partial charge in [0, 0.05) is 29.8 Å². The normalized spacial score (nSPS) is 10.2. The molecule has 0 saturated carbocycles. The Morgan fingerprint density at radius 1 is 0.237 bits per heavy atom. The van der Waals surface area contributed by atoms with Crippen molar-refractivity contribution in [1.82, 2.24) is 0 Å². The van der Waals surface area contributed by atoms with Crippen LogP contribution in [-0.4, -0.2) is 0 Å². The van der Waals surface area contributed by atoms with E-state index >= 15 is 0 Å².